The number of alkyl halides is 5. The average molecular weight is 668 g/mol. The Balaban J connectivity index is 1.34. The molecule has 4 saturated heterocycles. The van der Waals surface area contributed by atoms with Crippen molar-refractivity contribution in [3.8, 4) is 23.1 Å². The number of nitrogens with one attached hydrogen (secondary N) is 1. The lowest BCUT2D eigenvalue weighted by atomic mass is 9.95. The lowest BCUT2D eigenvalue weighted by molar-refractivity contribution is -0.137. The lowest BCUT2D eigenvalue weighted by Gasteiger charge is -2.43. The fraction of sp³-hybridized carbons (Fsp3) is 0.581. The molecule has 16 heteroatoms. The van der Waals surface area contributed by atoms with Crippen LogP contribution in [0.4, 0.5) is 42.2 Å². The van der Waals surface area contributed by atoms with Gasteiger partial charge in [-0.2, -0.15) is 23.1 Å². The minimum Gasteiger partial charge on any atom is -0.469 e. The Kier molecular flexibility index (Phi) is 6.96. The smallest absolute Gasteiger partial charge is 0.417 e. The van der Waals surface area contributed by atoms with Gasteiger partial charge in [-0.15, -0.1) is 0 Å². The number of halogens is 7. The highest BCUT2D eigenvalue weighted by Gasteiger charge is 2.51. The summed E-state index contributed by atoms with van der Waals surface area (Å²) in [5.41, 5.74) is 0.0607. The number of hydrogen-bond acceptors (Lipinski definition) is 9. The van der Waals surface area contributed by atoms with Crippen LogP contribution in [-0.2, 0) is 6.18 Å². The highest BCUT2D eigenvalue weighted by Crippen LogP contribution is 2.48. The molecule has 0 spiro atoms. The number of pyridine rings is 1. The summed E-state index contributed by atoms with van der Waals surface area (Å²) < 4.78 is 116. The van der Waals surface area contributed by atoms with E-state index in [1.165, 1.54) is 0 Å². The molecule has 4 fully saturated rings. The van der Waals surface area contributed by atoms with Crippen molar-refractivity contribution in [3.63, 3.8) is 0 Å². The lowest BCUT2D eigenvalue weighted by Crippen LogP contribution is -2.63. The predicted molar refractivity (Wildman–Crippen MR) is 157 cm³/mol. The summed E-state index contributed by atoms with van der Waals surface area (Å²) in [5.74, 6) is -2.78. The average Bonchev–Trinajstić information content (AvgIpc) is 3.66. The van der Waals surface area contributed by atoms with Gasteiger partial charge in [-0.25, -0.2) is 22.5 Å². The molecule has 5 aliphatic heterocycles. The van der Waals surface area contributed by atoms with E-state index in [4.69, 9.17) is 15.2 Å². The zero-order valence-corrected chi connectivity index (χ0v) is 25.3. The number of nitrogens with zero attached hydrogens (tertiary/aromatic N) is 5. The van der Waals surface area contributed by atoms with Gasteiger partial charge in [-0.1, -0.05) is 0 Å². The first-order valence-electron chi connectivity index (χ1n) is 15.7. The van der Waals surface area contributed by atoms with E-state index >= 15 is 4.39 Å². The van der Waals surface area contributed by atoms with Gasteiger partial charge in [0.1, 0.15) is 47.7 Å². The number of hydrogen-bond donors (Lipinski definition) is 2. The van der Waals surface area contributed by atoms with Crippen LogP contribution in [0.1, 0.15) is 43.2 Å². The van der Waals surface area contributed by atoms with Crippen LogP contribution in [-0.4, -0.2) is 88.7 Å². The van der Waals surface area contributed by atoms with Crippen molar-refractivity contribution >= 4 is 22.4 Å². The van der Waals surface area contributed by atoms with E-state index in [1.807, 2.05) is 9.80 Å². The second kappa shape index (κ2) is 10.7. The molecule has 1 aromatic carbocycles. The number of nitrogen functional groups attached to an aromatic ring is 1. The van der Waals surface area contributed by atoms with E-state index in [1.54, 1.807) is 0 Å². The molecule has 8 rings (SSSR count). The number of benzene rings is 1. The molecule has 7 heterocycles. The second-order valence-electron chi connectivity index (χ2n) is 13.3. The van der Waals surface area contributed by atoms with E-state index in [9.17, 15) is 26.3 Å². The second-order valence-corrected chi connectivity index (χ2v) is 13.3. The van der Waals surface area contributed by atoms with Crippen LogP contribution in [0.2, 0.25) is 0 Å². The van der Waals surface area contributed by atoms with Gasteiger partial charge in [0.05, 0.1) is 22.8 Å². The van der Waals surface area contributed by atoms with Crippen molar-refractivity contribution in [2.75, 3.05) is 43.5 Å². The van der Waals surface area contributed by atoms with Crippen molar-refractivity contribution < 1.29 is 40.2 Å². The number of rotatable bonds is 5. The van der Waals surface area contributed by atoms with Crippen LogP contribution >= 0.6 is 0 Å². The highest BCUT2D eigenvalue weighted by molar-refractivity contribution is 5.97. The molecule has 0 amide bonds. The Morgan fingerprint density at radius 3 is 2.72 bits per heavy atom. The quantitative estimate of drug-likeness (QED) is 0.292. The Morgan fingerprint density at radius 2 is 1.96 bits per heavy atom. The van der Waals surface area contributed by atoms with Crippen LogP contribution in [0, 0.1) is 18.6 Å². The van der Waals surface area contributed by atoms with Crippen LogP contribution in [0.3, 0.4) is 0 Å². The molecule has 0 saturated carbocycles. The summed E-state index contributed by atoms with van der Waals surface area (Å²) in [4.78, 5) is 17.0. The van der Waals surface area contributed by atoms with Crippen LogP contribution < -0.4 is 25.4 Å². The van der Waals surface area contributed by atoms with E-state index in [0.29, 0.717) is 32.0 Å². The third-order valence-corrected chi connectivity index (χ3v) is 10.5. The van der Waals surface area contributed by atoms with E-state index in [0.717, 1.165) is 19.8 Å². The standard InChI is InChI=1S/C31H32F7N7O2/c1-13-21(31(36,37)38)16(7-17(39)22(13)34)24-23(35)25-20-27(43-29(42-25)46-12-30-5-2-6-44(30)10-14(33)8-30)45-11-15-3-4-18(40-15)26(45)19(9-32)47-28(20)41-24/h7,14-15,18-19,26,40H,2-6,8-12,39H2,1H3/t14-,15-,18+,19?,26+,30+/m1/s1. The molecule has 252 valence electrons. The van der Waals surface area contributed by atoms with Crippen LogP contribution in [0.5, 0.6) is 11.9 Å². The molecular formula is C31H32F7N7O2. The Hall–Kier alpha value is -3.66. The molecular weight excluding hydrogens is 635 g/mol. The van der Waals surface area contributed by atoms with Gasteiger partial charge in [-0.3, -0.25) is 4.90 Å². The normalized spacial score (nSPS) is 30.0. The highest BCUT2D eigenvalue weighted by atomic mass is 19.4. The molecule has 1 unspecified atom stereocenters. The zero-order valence-electron chi connectivity index (χ0n) is 25.3. The first-order chi connectivity index (χ1) is 22.4. The number of ether oxygens (including phenoxy) is 2. The number of nitrogens with two attached hydrogens (primary N) is 1. The first-order valence-corrected chi connectivity index (χ1v) is 15.7. The molecule has 5 aliphatic rings. The maximum atomic E-state index is 16.8. The number of fused-ring (bicyclic) bond motifs is 6. The number of anilines is 2. The van der Waals surface area contributed by atoms with E-state index in [-0.39, 0.29) is 54.8 Å². The molecule has 2 bridgehead atoms. The van der Waals surface area contributed by atoms with Crippen molar-refractivity contribution in [1.29, 1.82) is 0 Å². The number of aromatic nitrogens is 3. The zero-order chi connectivity index (χ0) is 33.0. The van der Waals surface area contributed by atoms with Crippen molar-refractivity contribution in [1.82, 2.24) is 25.2 Å². The topological polar surface area (TPSA) is 102 Å². The molecule has 3 N–H and O–H groups in total. The first kappa shape index (κ1) is 30.7. The van der Waals surface area contributed by atoms with E-state index in [2.05, 4.69) is 20.3 Å². The largest absolute Gasteiger partial charge is 0.469 e. The summed E-state index contributed by atoms with van der Waals surface area (Å²) in [6.07, 6.45) is -4.00. The van der Waals surface area contributed by atoms with Crippen molar-refractivity contribution in [2.45, 2.75) is 81.1 Å². The Bertz CT molecular complexity index is 1780. The Morgan fingerprint density at radius 1 is 1.15 bits per heavy atom. The predicted octanol–water partition coefficient (Wildman–Crippen LogP) is 4.87. The maximum Gasteiger partial charge on any atom is 0.417 e. The summed E-state index contributed by atoms with van der Waals surface area (Å²) >= 11 is 0. The minimum absolute atomic E-state index is 0.0105. The minimum atomic E-state index is -5.12. The van der Waals surface area contributed by atoms with Gasteiger partial charge in [-0.05, 0) is 50.8 Å². The van der Waals surface area contributed by atoms with Gasteiger partial charge in [0.15, 0.2) is 11.9 Å². The van der Waals surface area contributed by atoms with Crippen LogP contribution in [0.15, 0.2) is 6.07 Å². The summed E-state index contributed by atoms with van der Waals surface area (Å²) in [6, 6.07) is -0.413. The fourth-order valence-electron chi connectivity index (χ4n) is 8.52. The van der Waals surface area contributed by atoms with Crippen molar-refractivity contribution in [3.05, 3.63) is 28.8 Å². The van der Waals surface area contributed by atoms with Crippen molar-refractivity contribution in [2.24, 2.45) is 0 Å². The molecule has 3 aromatic rings. The van der Waals surface area contributed by atoms with Gasteiger partial charge in [0.2, 0.25) is 5.88 Å². The summed E-state index contributed by atoms with van der Waals surface area (Å²) in [7, 11) is 0. The van der Waals surface area contributed by atoms with Gasteiger partial charge < -0.3 is 25.4 Å². The molecule has 0 aliphatic carbocycles. The molecule has 6 atom stereocenters. The maximum absolute atomic E-state index is 16.8. The third-order valence-electron chi connectivity index (χ3n) is 10.5. The molecule has 0 radical (unpaired) electrons. The third kappa shape index (κ3) is 4.68. The molecule has 47 heavy (non-hydrogen) atoms. The number of piperazine rings is 1. The van der Waals surface area contributed by atoms with Gasteiger partial charge in [0, 0.05) is 37.2 Å². The summed E-state index contributed by atoms with van der Waals surface area (Å²) in [6.45, 7) is 1.26. The fourth-order valence-corrected chi connectivity index (χ4v) is 8.52. The SMILES string of the molecule is Cc1c(F)c(N)cc(-c2nc3c4c(nc(OC[C@@]56CCCN5C[C@H](F)C6)nc4c2F)N2C[C@H]4CC[C@H](N4)[C@H]2C(CF)O3)c1C(F)(F)F. The van der Waals surface area contributed by atoms with Gasteiger partial charge in [0.25, 0.3) is 0 Å². The summed E-state index contributed by atoms with van der Waals surface area (Å²) in [5, 5.41) is 3.41. The van der Waals surface area contributed by atoms with E-state index < -0.39 is 81.9 Å². The molecule has 2 aromatic heterocycles. The monoisotopic (exact) mass is 667 g/mol. The molecule has 9 nitrogen and oxygen atoms in total. The Labute approximate surface area is 264 Å². The van der Waals surface area contributed by atoms with Gasteiger partial charge >= 0.3 is 12.2 Å². The van der Waals surface area contributed by atoms with Crippen LogP contribution in [0.25, 0.3) is 22.2 Å².